The molecule has 186 valence electrons. The van der Waals surface area contributed by atoms with Gasteiger partial charge in [-0.2, -0.15) is 5.10 Å². The van der Waals surface area contributed by atoms with E-state index in [1.54, 1.807) is 6.20 Å². The van der Waals surface area contributed by atoms with Gasteiger partial charge in [-0.05, 0) is 55.2 Å². The van der Waals surface area contributed by atoms with Crippen molar-refractivity contribution in [3.8, 4) is 0 Å². The first-order chi connectivity index (χ1) is 16.5. The molecule has 35 heavy (non-hydrogen) atoms. The topological polar surface area (TPSA) is 59.0 Å². The third kappa shape index (κ3) is 4.73. The standard InChI is InChI=1S/C30H40N4O/c1-8-30(9-2,23-17-15-22(16-18-23)28(3,4)5)33-27(35)24-20-31-34-26(24)32-25(19-29(34,6)7)21-13-11-10-12-14-21/h10-18,20,25,32H,8-9,19H2,1-7H3,(H,33,35). The van der Waals surface area contributed by atoms with Gasteiger partial charge in [-0.25, -0.2) is 4.68 Å². The molecule has 0 spiro atoms. The van der Waals surface area contributed by atoms with Gasteiger partial charge in [0.2, 0.25) is 0 Å². The first-order valence-electron chi connectivity index (χ1n) is 12.8. The van der Waals surface area contributed by atoms with Crippen LogP contribution in [0, 0.1) is 0 Å². The molecule has 2 heterocycles. The minimum Gasteiger partial charge on any atom is -0.363 e. The van der Waals surface area contributed by atoms with Gasteiger partial charge in [0, 0.05) is 0 Å². The van der Waals surface area contributed by atoms with Crippen LogP contribution >= 0.6 is 0 Å². The molecule has 0 aliphatic carbocycles. The van der Waals surface area contributed by atoms with Gasteiger partial charge < -0.3 is 10.6 Å². The zero-order valence-corrected chi connectivity index (χ0v) is 22.3. The zero-order chi connectivity index (χ0) is 25.4. The van der Waals surface area contributed by atoms with E-state index in [0.29, 0.717) is 5.56 Å². The van der Waals surface area contributed by atoms with E-state index in [-0.39, 0.29) is 22.9 Å². The number of nitrogens with zero attached hydrogens (tertiary/aromatic N) is 2. The van der Waals surface area contributed by atoms with Crippen molar-refractivity contribution in [1.29, 1.82) is 0 Å². The number of anilines is 1. The smallest absolute Gasteiger partial charge is 0.257 e. The van der Waals surface area contributed by atoms with Crippen molar-refractivity contribution < 1.29 is 4.79 Å². The molecule has 4 rings (SSSR count). The highest BCUT2D eigenvalue weighted by Gasteiger charge is 2.38. The lowest BCUT2D eigenvalue weighted by atomic mass is 9.81. The number of hydrogen-bond acceptors (Lipinski definition) is 3. The van der Waals surface area contributed by atoms with Crippen LogP contribution in [0.5, 0.6) is 0 Å². The van der Waals surface area contributed by atoms with Crippen LogP contribution in [0.3, 0.4) is 0 Å². The zero-order valence-electron chi connectivity index (χ0n) is 22.3. The number of carbonyl (C=O) groups excluding carboxylic acids is 1. The van der Waals surface area contributed by atoms with Crippen LogP contribution in [0.25, 0.3) is 0 Å². The number of amides is 1. The fraction of sp³-hybridized carbons (Fsp3) is 0.467. The number of aromatic nitrogens is 2. The first kappa shape index (κ1) is 25.0. The van der Waals surface area contributed by atoms with Gasteiger partial charge in [-0.3, -0.25) is 4.79 Å². The minimum atomic E-state index is -0.439. The number of carbonyl (C=O) groups is 1. The van der Waals surface area contributed by atoms with Gasteiger partial charge in [0.15, 0.2) is 0 Å². The molecule has 3 aromatic rings. The molecule has 0 fully saturated rings. The van der Waals surface area contributed by atoms with Crippen molar-refractivity contribution >= 4 is 11.7 Å². The lowest BCUT2D eigenvalue weighted by molar-refractivity contribution is 0.0890. The molecule has 1 amide bonds. The lowest BCUT2D eigenvalue weighted by Gasteiger charge is -2.39. The molecule has 2 N–H and O–H groups in total. The average Bonchev–Trinajstić information content (AvgIpc) is 3.28. The normalized spacial score (nSPS) is 17.4. The van der Waals surface area contributed by atoms with Crippen LogP contribution in [-0.2, 0) is 16.5 Å². The summed E-state index contributed by atoms with van der Waals surface area (Å²) in [5.41, 5.74) is 3.68. The van der Waals surface area contributed by atoms with Crippen LogP contribution < -0.4 is 10.6 Å². The van der Waals surface area contributed by atoms with Gasteiger partial charge >= 0.3 is 0 Å². The molecule has 0 saturated heterocycles. The second kappa shape index (κ2) is 9.18. The number of hydrogen-bond donors (Lipinski definition) is 2. The molecule has 0 saturated carbocycles. The molecule has 1 aromatic heterocycles. The predicted octanol–water partition coefficient (Wildman–Crippen LogP) is 6.92. The fourth-order valence-electron chi connectivity index (χ4n) is 5.28. The molecule has 1 aliphatic rings. The Morgan fingerprint density at radius 1 is 1.03 bits per heavy atom. The van der Waals surface area contributed by atoms with Crippen LogP contribution in [0.1, 0.15) is 101 Å². The Morgan fingerprint density at radius 3 is 2.20 bits per heavy atom. The quantitative estimate of drug-likeness (QED) is 0.409. The summed E-state index contributed by atoms with van der Waals surface area (Å²) >= 11 is 0. The lowest BCUT2D eigenvalue weighted by Crippen LogP contribution is -2.45. The average molecular weight is 473 g/mol. The predicted molar refractivity (Wildman–Crippen MR) is 144 cm³/mol. The Kier molecular flexibility index (Phi) is 6.56. The second-order valence-corrected chi connectivity index (χ2v) is 11.5. The van der Waals surface area contributed by atoms with E-state index >= 15 is 0 Å². The van der Waals surface area contributed by atoms with E-state index in [1.165, 1.54) is 11.1 Å². The van der Waals surface area contributed by atoms with E-state index < -0.39 is 5.54 Å². The van der Waals surface area contributed by atoms with Gasteiger partial charge in [-0.1, -0.05) is 89.2 Å². The number of benzene rings is 2. The monoisotopic (exact) mass is 472 g/mol. The third-order valence-corrected chi connectivity index (χ3v) is 7.67. The number of fused-ring (bicyclic) bond motifs is 1. The maximum Gasteiger partial charge on any atom is 0.257 e. The van der Waals surface area contributed by atoms with E-state index in [1.807, 2.05) is 10.7 Å². The fourth-order valence-corrected chi connectivity index (χ4v) is 5.28. The summed E-state index contributed by atoms with van der Waals surface area (Å²) in [4.78, 5) is 13.8. The van der Waals surface area contributed by atoms with Crippen molar-refractivity contribution in [2.24, 2.45) is 0 Å². The molecular formula is C30H40N4O. The van der Waals surface area contributed by atoms with Crippen LogP contribution in [0.4, 0.5) is 5.82 Å². The van der Waals surface area contributed by atoms with Crippen molar-refractivity contribution in [2.75, 3.05) is 5.32 Å². The Balaban J connectivity index is 1.65. The van der Waals surface area contributed by atoms with Crippen molar-refractivity contribution in [1.82, 2.24) is 15.1 Å². The first-order valence-corrected chi connectivity index (χ1v) is 12.8. The van der Waals surface area contributed by atoms with Crippen molar-refractivity contribution in [2.45, 2.75) is 90.3 Å². The molecule has 1 unspecified atom stereocenters. The molecule has 1 atom stereocenters. The maximum absolute atomic E-state index is 13.8. The minimum absolute atomic E-state index is 0.0909. The molecule has 5 heteroatoms. The Hall–Kier alpha value is -3.08. The summed E-state index contributed by atoms with van der Waals surface area (Å²) in [7, 11) is 0. The van der Waals surface area contributed by atoms with Gasteiger partial charge in [0.25, 0.3) is 5.91 Å². The highest BCUT2D eigenvalue weighted by molar-refractivity contribution is 5.99. The Labute approximate surface area is 210 Å². The van der Waals surface area contributed by atoms with Crippen molar-refractivity contribution in [3.63, 3.8) is 0 Å². The second-order valence-electron chi connectivity index (χ2n) is 11.5. The maximum atomic E-state index is 13.8. The SMILES string of the molecule is CCC(CC)(NC(=O)c1cnn2c1NC(c1ccccc1)CC2(C)C)c1ccc(C(C)(C)C)cc1. The van der Waals surface area contributed by atoms with Crippen LogP contribution in [-0.4, -0.2) is 15.7 Å². The molecular weight excluding hydrogens is 432 g/mol. The van der Waals surface area contributed by atoms with E-state index in [9.17, 15) is 4.79 Å². The third-order valence-electron chi connectivity index (χ3n) is 7.67. The summed E-state index contributed by atoms with van der Waals surface area (Å²) < 4.78 is 1.97. The van der Waals surface area contributed by atoms with Crippen LogP contribution in [0.2, 0.25) is 0 Å². The van der Waals surface area contributed by atoms with Crippen molar-refractivity contribution in [3.05, 3.63) is 83.0 Å². The summed E-state index contributed by atoms with van der Waals surface area (Å²) in [6.45, 7) is 15.3. The summed E-state index contributed by atoms with van der Waals surface area (Å²) in [6.07, 6.45) is 4.21. The molecule has 0 radical (unpaired) electrons. The number of nitrogens with one attached hydrogen (secondary N) is 2. The Morgan fingerprint density at radius 2 is 1.63 bits per heavy atom. The highest BCUT2D eigenvalue weighted by atomic mass is 16.1. The van der Waals surface area contributed by atoms with E-state index in [2.05, 4.69) is 113 Å². The van der Waals surface area contributed by atoms with Gasteiger partial charge in [-0.15, -0.1) is 0 Å². The van der Waals surface area contributed by atoms with E-state index in [4.69, 9.17) is 0 Å². The van der Waals surface area contributed by atoms with Gasteiger partial charge in [0.05, 0.1) is 23.3 Å². The van der Waals surface area contributed by atoms with E-state index in [0.717, 1.165) is 30.6 Å². The van der Waals surface area contributed by atoms with Crippen LogP contribution in [0.15, 0.2) is 60.8 Å². The molecule has 0 bridgehead atoms. The largest absolute Gasteiger partial charge is 0.363 e. The van der Waals surface area contributed by atoms with Gasteiger partial charge in [0.1, 0.15) is 11.4 Å². The molecule has 1 aliphatic heterocycles. The highest BCUT2D eigenvalue weighted by Crippen LogP contribution is 2.40. The molecule has 5 nitrogen and oxygen atoms in total. The summed E-state index contributed by atoms with van der Waals surface area (Å²) in [6, 6.07) is 19.3. The number of rotatable bonds is 6. The summed E-state index contributed by atoms with van der Waals surface area (Å²) in [5.74, 6) is 0.698. The summed E-state index contributed by atoms with van der Waals surface area (Å²) in [5, 5.41) is 11.7. The Bertz CT molecular complexity index is 1170. The molecule has 2 aromatic carbocycles.